The van der Waals surface area contributed by atoms with Crippen LogP contribution >= 0.6 is 11.3 Å². The highest BCUT2D eigenvalue weighted by molar-refractivity contribution is 7.12. The summed E-state index contributed by atoms with van der Waals surface area (Å²) >= 11 is 1.97. The lowest BCUT2D eigenvalue weighted by Gasteiger charge is -2.28. The molecule has 0 spiro atoms. The van der Waals surface area contributed by atoms with E-state index in [-0.39, 0.29) is 11.9 Å². The maximum atomic E-state index is 11.9. The summed E-state index contributed by atoms with van der Waals surface area (Å²) in [6.45, 7) is 3.33. The first-order valence-corrected chi connectivity index (χ1v) is 9.08. The van der Waals surface area contributed by atoms with Crippen molar-refractivity contribution in [1.82, 2.24) is 5.32 Å². The molecular formula is C17H25NO2S. The van der Waals surface area contributed by atoms with Gasteiger partial charge in [-0.25, -0.2) is 0 Å². The molecule has 1 N–H and O–H groups in total. The van der Waals surface area contributed by atoms with E-state index < -0.39 is 0 Å². The highest BCUT2D eigenvalue weighted by Crippen LogP contribution is 2.31. The van der Waals surface area contributed by atoms with Crippen LogP contribution in [0.4, 0.5) is 0 Å². The Morgan fingerprint density at radius 2 is 2.29 bits per heavy atom. The molecule has 1 aromatic rings. The van der Waals surface area contributed by atoms with Crippen molar-refractivity contribution < 1.29 is 9.53 Å². The van der Waals surface area contributed by atoms with Gasteiger partial charge in [-0.2, -0.15) is 0 Å². The first kappa shape index (κ1) is 15.0. The summed E-state index contributed by atoms with van der Waals surface area (Å²) in [5.41, 5.74) is 1.57. The zero-order valence-electron chi connectivity index (χ0n) is 12.8. The fraction of sp³-hybridized carbons (Fsp3) is 0.706. The van der Waals surface area contributed by atoms with Crippen LogP contribution in [0.15, 0.2) is 6.07 Å². The Bertz CT molecular complexity index is 475. The molecule has 1 saturated carbocycles. The predicted molar refractivity (Wildman–Crippen MR) is 85.6 cm³/mol. The maximum Gasteiger partial charge on any atom is 0.308 e. The standard InChI is InChI=1S/C17H25NO2S/c1-2-20-17(19)13-6-3-7-14(9-13)18-11-15-10-12-5-4-8-16(12)21-15/h10,13-14,18H,2-9,11H2,1H3. The number of thiophene rings is 1. The number of hydrogen-bond donors (Lipinski definition) is 1. The van der Waals surface area contributed by atoms with Crippen LogP contribution in [0.5, 0.6) is 0 Å². The van der Waals surface area contributed by atoms with E-state index in [9.17, 15) is 4.79 Å². The largest absolute Gasteiger partial charge is 0.466 e. The van der Waals surface area contributed by atoms with Gasteiger partial charge in [0.1, 0.15) is 0 Å². The summed E-state index contributed by atoms with van der Waals surface area (Å²) in [4.78, 5) is 14.9. The summed E-state index contributed by atoms with van der Waals surface area (Å²) in [7, 11) is 0. The highest BCUT2D eigenvalue weighted by Gasteiger charge is 2.28. The second-order valence-corrected chi connectivity index (χ2v) is 7.43. The van der Waals surface area contributed by atoms with E-state index in [1.54, 1.807) is 10.4 Å². The molecular weight excluding hydrogens is 282 g/mol. The van der Waals surface area contributed by atoms with Crippen LogP contribution in [-0.2, 0) is 28.9 Å². The zero-order chi connectivity index (χ0) is 14.7. The third-order valence-corrected chi connectivity index (χ3v) is 5.89. The second-order valence-electron chi connectivity index (χ2n) is 6.21. The number of ether oxygens (including phenoxy) is 1. The molecule has 3 rings (SSSR count). The van der Waals surface area contributed by atoms with Gasteiger partial charge in [0.25, 0.3) is 0 Å². The van der Waals surface area contributed by atoms with Crippen molar-refractivity contribution in [1.29, 1.82) is 0 Å². The Morgan fingerprint density at radius 1 is 1.38 bits per heavy atom. The maximum absolute atomic E-state index is 11.9. The second kappa shape index (κ2) is 6.93. The molecule has 0 aromatic carbocycles. The summed E-state index contributed by atoms with van der Waals surface area (Å²) < 4.78 is 5.17. The van der Waals surface area contributed by atoms with Crippen LogP contribution < -0.4 is 5.32 Å². The van der Waals surface area contributed by atoms with E-state index in [1.165, 1.54) is 30.6 Å². The molecule has 2 aliphatic carbocycles. The lowest BCUT2D eigenvalue weighted by molar-refractivity contribution is -0.149. The molecule has 0 aliphatic heterocycles. The quantitative estimate of drug-likeness (QED) is 0.847. The molecule has 2 aliphatic rings. The molecule has 0 saturated heterocycles. The molecule has 4 heteroatoms. The van der Waals surface area contributed by atoms with Gasteiger partial charge < -0.3 is 10.1 Å². The summed E-state index contributed by atoms with van der Waals surface area (Å²) in [5.74, 6) is 0.101. The van der Waals surface area contributed by atoms with Gasteiger partial charge in [0.2, 0.25) is 0 Å². The first-order chi connectivity index (χ1) is 10.3. The lowest BCUT2D eigenvalue weighted by atomic mass is 9.85. The van der Waals surface area contributed by atoms with Gasteiger partial charge in [-0.1, -0.05) is 6.42 Å². The lowest BCUT2D eigenvalue weighted by Crippen LogP contribution is -2.36. The number of nitrogens with one attached hydrogen (secondary N) is 1. The van der Waals surface area contributed by atoms with Crippen molar-refractivity contribution in [3.63, 3.8) is 0 Å². The number of fused-ring (bicyclic) bond motifs is 1. The van der Waals surface area contributed by atoms with E-state index in [1.807, 2.05) is 18.3 Å². The Labute approximate surface area is 131 Å². The monoisotopic (exact) mass is 307 g/mol. The number of aryl methyl sites for hydroxylation is 2. The minimum atomic E-state index is -0.000833. The molecule has 0 bridgehead atoms. The van der Waals surface area contributed by atoms with Crippen LogP contribution in [0.25, 0.3) is 0 Å². The Morgan fingerprint density at radius 3 is 3.10 bits per heavy atom. The smallest absolute Gasteiger partial charge is 0.308 e. The van der Waals surface area contributed by atoms with E-state index >= 15 is 0 Å². The number of esters is 1. The van der Waals surface area contributed by atoms with Crippen molar-refractivity contribution in [2.45, 2.75) is 64.5 Å². The molecule has 116 valence electrons. The molecule has 1 aromatic heterocycles. The molecule has 1 fully saturated rings. The minimum absolute atomic E-state index is 0.000833. The molecule has 0 radical (unpaired) electrons. The van der Waals surface area contributed by atoms with Crippen LogP contribution in [0.2, 0.25) is 0 Å². The van der Waals surface area contributed by atoms with Crippen LogP contribution in [0.1, 0.15) is 54.3 Å². The van der Waals surface area contributed by atoms with Gasteiger partial charge in [-0.15, -0.1) is 11.3 Å². The van der Waals surface area contributed by atoms with Crippen LogP contribution in [0.3, 0.4) is 0 Å². The fourth-order valence-electron chi connectivity index (χ4n) is 3.57. The molecule has 0 amide bonds. The topological polar surface area (TPSA) is 38.3 Å². The summed E-state index contributed by atoms with van der Waals surface area (Å²) in [5, 5.41) is 3.66. The van der Waals surface area contributed by atoms with Gasteiger partial charge in [0, 0.05) is 22.3 Å². The number of carbonyl (C=O) groups is 1. The van der Waals surface area contributed by atoms with Crippen molar-refractivity contribution >= 4 is 17.3 Å². The SMILES string of the molecule is CCOC(=O)C1CCCC(NCc2cc3c(s2)CCC3)C1. The molecule has 3 nitrogen and oxygen atoms in total. The zero-order valence-corrected chi connectivity index (χ0v) is 13.6. The van der Waals surface area contributed by atoms with Gasteiger partial charge in [-0.3, -0.25) is 4.79 Å². The van der Waals surface area contributed by atoms with E-state index in [4.69, 9.17) is 4.74 Å². The van der Waals surface area contributed by atoms with E-state index in [2.05, 4.69) is 11.4 Å². The van der Waals surface area contributed by atoms with Crippen molar-refractivity contribution in [2.24, 2.45) is 5.92 Å². The highest BCUT2D eigenvalue weighted by atomic mass is 32.1. The van der Waals surface area contributed by atoms with Crippen molar-refractivity contribution in [2.75, 3.05) is 6.61 Å². The number of rotatable bonds is 5. The van der Waals surface area contributed by atoms with Crippen LogP contribution in [-0.4, -0.2) is 18.6 Å². The van der Waals surface area contributed by atoms with Gasteiger partial charge >= 0.3 is 5.97 Å². The van der Waals surface area contributed by atoms with Gasteiger partial charge in [0.05, 0.1) is 12.5 Å². The Kier molecular flexibility index (Phi) is 4.96. The third kappa shape index (κ3) is 3.67. The molecule has 2 atom stereocenters. The van der Waals surface area contributed by atoms with Gasteiger partial charge in [0.15, 0.2) is 0 Å². The minimum Gasteiger partial charge on any atom is -0.466 e. The molecule has 21 heavy (non-hydrogen) atoms. The Balaban J connectivity index is 1.49. The number of carbonyl (C=O) groups excluding carboxylic acids is 1. The molecule has 2 unspecified atom stereocenters. The summed E-state index contributed by atoms with van der Waals surface area (Å²) in [6, 6.07) is 2.84. The average Bonchev–Trinajstić information content (AvgIpc) is 3.07. The molecule has 1 heterocycles. The Hall–Kier alpha value is -0.870. The fourth-order valence-corrected chi connectivity index (χ4v) is 4.78. The van der Waals surface area contributed by atoms with Crippen LogP contribution in [0, 0.1) is 5.92 Å². The van der Waals surface area contributed by atoms with E-state index in [0.29, 0.717) is 12.6 Å². The van der Waals surface area contributed by atoms with Crippen molar-refractivity contribution in [3.05, 3.63) is 21.4 Å². The van der Waals surface area contributed by atoms with Gasteiger partial charge in [-0.05, 0) is 57.1 Å². The van der Waals surface area contributed by atoms with Crippen molar-refractivity contribution in [3.8, 4) is 0 Å². The first-order valence-electron chi connectivity index (χ1n) is 8.26. The number of hydrogen-bond acceptors (Lipinski definition) is 4. The predicted octanol–water partition coefficient (Wildman–Crippen LogP) is 3.45. The van der Waals surface area contributed by atoms with E-state index in [0.717, 1.165) is 25.8 Å². The normalized spacial score (nSPS) is 24.8. The summed E-state index contributed by atoms with van der Waals surface area (Å²) in [6.07, 6.45) is 8.10. The average molecular weight is 307 g/mol. The third-order valence-electron chi connectivity index (χ3n) is 4.66.